The number of azo groups is 1. The first-order chi connectivity index (χ1) is 9.43. The summed E-state index contributed by atoms with van der Waals surface area (Å²) < 4.78 is 9.20. The van der Waals surface area contributed by atoms with Gasteiger partial charge in [0, 0.05) is 18.1 Å². The Hall–Kier alpha value is -2.77. The Bertz CT molecular complexity index is 539. The molecule has 8 heteroatoms. The minimum Gasteiger partial charge on any atom is -0.450 e. The lowest BCUT2D eigenvalue weighted by molar-refractivity contribution is -0.146. The summed E-state index contributed by atoms with van der Waals surface area (Å²) in [4.78, 5) is 32.8. The number of nitrogens with zero attached hydrogens (tertiary/aromatic N) is 2. The Labute approximate surface area is 114 Å². The van der Waals surface area contributed by atoms with E-state index in [1.54, 1.807) is 0 Å². The maximum absolute atomic E-state index is 11.0. The van der Waals surface area contributed by atoms with Crippen molar-refractivity contribution in [2.45, 2.75) is 13.2 Å². The lowest BCUT2D eigenvalue weighted by Crippen LogP contribution is -2.11. The van der Waals surface area contributed by atoms with Crippen LogP contribution in [0.15, 0.2) is 34.5 Å². The molecular formula is C12H13N3O5. The molecule has 0 bridgehead atoms. The standard InChI is InChI=1S/C12H13N3O5/c1-7(16)20-11(14-15-12(18)19-2)9-5-3-8(4-6-9)10(13)17/h3-6,11H,1-2H3,(H2,13,17). The third kappa shape index (κ3) is 4.48. The van der Waals surface area contributed by atoms with Crippen LogP contribution in [0.1, 0.15) is 29.1 Å². The first kappa shape index (κ1) is 15.3. The van der Waals surface area contributed by atoms with Crippen molar-refractivity contribution in [2.24, 2.45) is 16.0 Å². The summed E-state index contributed by atoms with van der Waals surface area (Å²) in [5, 5.41) is 6.80. The molecule has 1 aromatic rings. The first-order valence-corrected chi connectivity index (χ1v) is 5.50. The molecule has 1 rings (SSSR count). The smallest absolute Gasteiger partial charge is 0.450 e. The molecule has 0 radical (unpaired) electrons. The van der Waals surface area contributed by atoms with Crippen molar-refractivity contribution in [1.29, 1.82) is 0 Å². The van der Waals surface area contributed by atoms with E-state index >= 15 is 0 Å². The van der Waals surface area contributed by atoms with E-state index in [4.69, 9.17) is 10.5 Å². The molecule has 0 aliphatic heterocycles. The van der Waals surface area contributed by atoms with Gasteiger partial charge in [-0.2, -0.15) is 0 Å². The van der Waals surface area contributed by atoms with Gasteiger partial charge in [0.05, 0.1) is 7.11 Å². The number of rotatable bonds is 4. The minimum atomic E-state index is -1.10. The highest BCUT2D eigenvalue weighted by atomic mass is 16.6. The van der Waals surface area contributed by atoms with Crippen LogP contribution < -0.4 is 5.73 Å². The summed E-state index contributed by atoms with van der Waals surface area (Å²) in [5.41, 5.74) is 5.83. The number of benzene rings is 1. The summed E-state index contributed by atoms with van der Waals surface area (Å²) in [6.07, 6.45) is -2.02. The molecule has 0 aliphatic rings. The van der Waals surface area contributed by atoms with E-state index in [1.807, 2.05) is 0 Å². The number of primary amides is 1. The van der Waals surface area contributed by atoms with Crippen molar-refractivity contribution in [3.63, 3.8) is 0 Å². The zero-order valence-corrected chi connectivity index (χ0v) is 10.9. The number of carbonyl (C=O) groups excluding carboxylic acids is 3. The summed E-state index contributed by atoms with van der Waals surface area (Å²) in [6.45, 7) is 1.19. The molecule has 0 aromatic heterocycles. The third-order valence-electron chi connectivity index (χ3n) is 2.18. The molecule has 2 N–H and O–H groups in total. The summed E-state index contributed by atoms with van der Waals surface area (Å²) >= 11 is 0. The van der Waals surface area contributed by atoms with E-state index in [1.165, 1.54) is 31.2 Å². The number of hydrogen-bond donors (Lipinski definition) is 1. The second-order valence-electron chi connectivity index (χ2n) is 3.63. The van der Waals surface area contributed by atoms with Gasteiger partial charge in [-0.15, -0.1) is 5.11 Å². The number of carbonyl (C=O) groups is 3. The van der Waals surface area contributed by atoms with Gasteiger partial charge >= 0.3 is 12.1 Å². The van der Waals surface area contributed by atoms with Gasteiger partial charge in [0.2, 0.25) is 12.1 Å². The highest BCUT2D eigenvalue weighted by Gasteiger charge is 2.15. The van der Waals surface area contributed by atoms with Gasteiger partial charge in [-0.05, 0) is 12.1 Å². The van der Waals surface area contributed by atoms with E-state index in [0.717, 1.165) is 7.11 Å². The van der Waals surface area contributed by atoms with E-state index in [-0.39, 0.29) is 0 Å². The van der Waals surface area contributed by atoms with Crippen LogP contribution in [0, 0.1) is 0 Å². The lowest BCUT2D eigenvalue weighted by Gasteiger charge is -2.11. The number of methoxy groups -OCH3 is 1. The molecule has 1 atom stereocenters. The molecule has 20 heavy (non-hydrogen) atoms. The Balaban J connectivity index is 2.97. The Morgan fingerprint density at radius 1 is 1.20 bits per heavy atom. The van der Waals surface area contributed by atoms with Crippen LogP contribution in [0.4, 0.5) is 4.79 Å². The number of hydrogen-bond acceptors (Lipinski definition) is 6. The second kappa shape index (κ2) is 6.98. The average Bonchev–Trinajstić information content (AvgIpc) is 2.42. The molecule has 0 fully saturated rings. The van der Waals surface area contributed by atoms with Gasteiger partial charge in [0.1, 0.15) is 0 Å². The highest BCUT2D eigenvalue weighted by molar-refractivity contribution is 5.92. The molecule has 8 nitrogen and oxygen atoms in total. The first-order valence-electron chi connectivity index (χ1n) is 5.50. The van der Waals surface area contributed by atoms with E-state index < -0.39 is 24.2 Å². The van der Waals surface area contributed by atoms with Crippen LogP contribution >= 0.6 is 0 Å². The maximum Gasteiger partial charge on any atom is 0.451 e. The van der Waals surface area contributed by atoms with E-state index in [0.29, 0.717) is 11.1 Å². The van der Waals surface area contributed by atoms with Gasteiger partial charge in [-0.3, -0.25) is 9.59 Å². The van der Waals surface area contributed by atoms with Crippen molar-refractivity contribution in [3.05, 3.63) is 35.4 Å². The van der Waals surface area contributed by atoms with Crippen LogP contribution in [-0.4, -0.2) is 25.1 Å². The molecule has 1 unspecified atom stereocenters. The predicted molar refractivity (Wildman–Crippen MR) is 66.7 cm³/mol. The summed E-state index contributed by atoms with van der Waals surface area (Å²) in [5.74, 6) is -1.19. The fourth-order valence-corrected chi connectivity index (χ4v) is 1.27. The third-order valence-corrected chi connectivity index (χ3v) is 2.18. The predicted octanol–water partition coefficient (Wildman–Crippen LogP) is 1.57. The van der Waals surface area contributed by atoms with Crippen LogP contribution in [0.25, 0.3) is 0 Å². The fourth-order valence-electron chi connectivity index (χ4n) is 1.27. The Kier molecular flexibility index (Phi) is 5.33. The largest absolute Gasteiger partial charge is 0.451 e. The van der Waals surface area contributed by atoms with Gasteiger partial charge in [-0.25, -0.2) is 4.79 Å². The molecule has 106 valence electrons. The Morgan fingerprint density at radius 3 is 2.25 bits per heavy atom. The average molecular weight is 279 g/mol. The zero-order valence-electron chi connectivity index (χ0n) is 10.9. The van der Waals surface area contributed by atoms with Gasteiger partial charge in [0.25, 0.3) is 0 Å². The van der Waals surface area contributed by atoms with Crippen molar-refractivity contribution in [1.82, 2.24) is 0 Å². The zero-order chi connectivity index (χ0) is 15.1. The van der Waals surface area contributed by atoms with Crippen LogP contribution in [0.3, 0.4) is 0 Å². The van der Waals surface area contributed by atoms with E-state index in [9.17, 15) is 14.4 Å². The number of esters is 1. The Morgan fingerprint density at radius 2 is 1.80 bits per heavy atom. The summed E-state index contributed by atoms with van der Waals surface area (Å²) in [6, 6.07) is 5.87. The highest BCUT2D eigenvalue weighted by Crippen LogP contribution is 2.20. The van der Waals surface area contributed by atoms with Gasteiger partial charge in [0.15, 0.2) is 0 Å². The monoisotopic (exact) mass is 279 g/mol. The number of nitrogens with two attached hydrogens (primary N) is 1. The molecule has 0 heterocycles. The van der Waals surface area contributed by atoms with Gasteiger partial charge in [-0.1, -0.05) is 17.2 Å². The summed E-state index contributed by atoms with van der Waals surface area (Å²) in [7, 11) is 1.14. The molecule has 0 saturated heterocycles. The molecule has 1 aromatic carbocycles. The molecule has 0 saturated carbocycles. The van der Waals surface area contributed by atoms with Crippen molar-refractivity contribution in [2.75, 3.05) is 7.11 Å². The molecule has 2 amide bonds. The number of amides is 2. The van der Waals surface area contributed by atoms with Crippen LogP contribution in [0.5, 0.6) is 0 Å². The van der Waals surface area contributed by atoms with Gasteiger partial charge < -0.3 is 15.2 Å². The van der Waals surface area contributed by atoms with Crippen molar-refractivity contribution < 1.29 is 23.9 Å². The van der Waals surface area contributed by atoms with Crippen molar-refractivity contribution >= 4 is 18.0 Å². The topological polar surface area (TPSA) is 120 Å². The molecule has 0 aliphatic carbocycles. The molecular weight excluding hydrogens is 266 g/mol. The minimum absolute atomic E-state index is 0.292. The maximum atomic E-state index is 11.0. The fraction of sp³-hybridized carbons (Fsp3) is 0.250. The quantitative estimate of drug-likeness (QED) is 0.662. The molecule has 0 spiro atoms. The van der Waals surface area contributed by atoms with Crippen molar-refractivity contribution in [3.8, 4) is 0 Å². The van der Waals surface area contributed by atoms with Crippen LogP contribution in [0.2, 0.25) is 0 Å². The second-order valence-corrected chi connectivity index (χ2v) is 3.63. The lowest BCUT2D eigenvalue weighted by atomic mass is 10.1. The normalized spacial score (nSPS) is 11.9. The van der Waals surface area contributed by atoms with Crippen LogP contribution in [-0.2, 0) is 14.3 Å². The number of ether oxygens (including phenoxy) is 2. The SMILES string of the molecule is COC(=O)N=NC(OC(C)=O)c1ccc(C(N)=O)cc1. The van der Waals surface area contributed by atoms with E-state index in [2.05, 4.69) is 15.0 Å².